The first-order valence-corrected chi connectivity index (χ1v) is 10.2. The molecule has 1 saturated heterocycles. The number of carbonyl (C=O) groups is 1. The van der Waals surface area contributed by atoms with Gasteiger partial charge in [0, 0.05) is 30.3 Å². The summed E-state index contributed by atoms with van der Waals surface area (Å²) in [5, 5.41) is 7.84. The van der Waals surface area contributed by atoms with Gasteiger partial charge in [-0.3, -0.25) is 0 Å². The molecule has 1 fully saturated rings. The second-order valence-electron chi connectivity index (χ2n) is 7.15. The van der Waals surface area contributed by atoms with E-state index in [0.29, 0.717) is 40.5 Å². The molecule has 29 heavy (non-hydrogen) atoms. The number of aromatic nitrogens is 2. The summed E-state index contributed by atoms with van der Waals surface area (Å²) in [4.78, 5) is 18.9. The number of hydrogen-bond donors (Lipinski definition) is 1. The fourth-order valence-corrected chi connectivity index (χ4v) is 3.71. The van der Waals surface area contributed by atoms with Crippen LogP contribution in [0.5, 0.6) is 0 Å². The number of benzene rings is 2. The number of nitrogens with one attached hydrogen (secondary N) is 1. The molecule has 1 aliphatic rings. The van der Waals surface area contributed by atoms with E-state index in [9.17, 15) is 4.79 Å². The molecule has 0 aliphatic carbocycles. The Bertz CT molecular complexity index is 1030. The van der Waals surface area contributed by atoms with E-state index in [1.165, 1.54) is 0 Å². The molecule has 0 atom stereocenters. The first-order chi connectivity index (χ1) is 14.0. The van der Waals surface area contributed by atoms with Crippen molar-refractivity contribution in [2.24, 2.45) is 0 Å². The van der Waals surface area contributed by atoms with Crippen molar-refractivity contribution in [1.82, 2.24) is 15.0 Å². The van der Waals surface area contributed by atoms with Gasteiger partial charge in [0.25, 0.3) is 0 Å². The molecule has 3 aromatic rings. The van der Waals surface area contributed by atoms with Crippen LogP contribution >= 0.6 is 23.2 Å². The number of anilines is 1. The van der Waals surface area contributed by atoms with Gasteiger partial charge in [-0.05, 0) is 44.0 Å². The summed E-state index contributed by atoms with van der Waals surface area (Å²) in [5.41, 5.74) is 2.71. The minimum atomic E-state index is -0.159. The molecule has 2 aromatic carbocycles. The standard InChI is InChI=1S/C21H20Cl2N4O2/c1-13-3-2-4-15(11-13)19-25-20(29-26-19)14-7-9-27(10-8-14)21(28)24-16-5-6-17(22)18(23)12-16/h2-6,11-12,14H,7-10H2,1H3,(H,24,28). The quantitative estimate of drug-likeness (QED) is 0.572. The van der Waals surface area contributed by atoms with Gasteiger partial charge in [0.1, 0.15) is 0 Å². The van der Waals surface area contributed by atoms with Gasteiger partial charge in [-0.2, -0.15) is 4.98 Å². The van der Waals surface area contributed by atoms with E-state index in [0.717, 1.165) is 24.0 Å². The van der Waals surface area contributed by atoms with Crippen LogP contribution < -0.4 is 5.32 Å². The summed E-state index contributed by atoms with van der Waals surface area (Å²) >= 11 is 11.9. The van der Waals surface area contributed by atoms with Gasteiger partial charge in [-0.15, -0.1) is 0 Å². The molecule has 6 nitrogen and oxygen atoms in total. The molecule has 0 radical (unpaired) electrons. The second kappa shape index (κ2) is 8.43. The minimum absolute atomic E-state index is 0.148. The first-order valence-electron chi connectivity index (χ1n) is 9.41. The van der Waals surface area contributed by atoms with Crippen LogP contribution in [-0.4, -0.2) is 34.2 Å². The van der Waals surface area contributed by atoms with Gasteiger partial charge in [-0.25, -0.2) is 4.79 Å². The molecule has 0 bridgehead atoms. The molecule has 2 amide bonds. The Kier molecular flexibility index (Phi) is 5.74. The number of likely N-dealkylation sites (tertiary alicyclic amines) is 1. The number of piperidine rings is 1. The largest absolute Gasteiger partial charge is 0.339 e. The van der Waals surface area contributed by atoms with Crippen LogP contribution in [0.2, 0.25) is 10.0 Å². The van der Waals surface area contributed by atoms with Crippen molar-refractivity contribution >= 4 is 34.9 Å². The van der Waals surface area contributed by atoms with Crippen LogP contribution in [0.15, 0.2) is 47.0 Å². The summed E-state index contributed by atoms with van der Waals surface area (Å²) in [5.74, 6) is 1.38. The maximum absolute atomic E-state index is 12.5. The topological polar surface area (TPSA) is 71.3 Å². The molecule has 8 heteroatoms. The van der Waals surface area contributed by atoms with Crippen LogP contribution in [-0.2, 0) is 0 Å². The number of carbonyl (C=O) groups excluding carboxylic acids is 1. The molecule has 150 valence electrons. The van der Waals surface area contributed by atoms with Crippen molar-refractivity contribution in [2.45, 2.75) is 25.7 Å². The molecular formula is C21H20Cl2N4O2. The molecule has 1 N–H and O–H groups in total. The van der Waals surface area contributed by atoms with Crippen molar-refractivity contribution in [1.29, 1.82) is 0 Å². The molecule has 2 heterocycles. The Morgan fingerprint density at radius 1 is 1.14 bits per heavy atom. The number of halogens is 2. The summed E-state index contributed by atoms with van der Waals surface area (Å²) in [6.45, 7) is 3.25. The van der Waals surface area contributed by atoms with E-state index >= 15 is 0 Å². The van der Waals surface area contributed by atoms with Gasteiger partial charge < -0.3 is 14.7 Å². The van der Waals surface area contributed by atoms with Gasteiger partial charge in [0.05, 0.1) is 10.0 Å². The lowest BCUT2D eigenvalue weighted by molar-refractivity contribution is 0.187. The first kappa shape index (κ1) is 19.7. The Labute approximate surface area is 178 Å². The van der Waals surface area contributed by atoms with Crippen molar-refractivity contribution in [3.63, 3.8) is 0 Å². The zero-order valence-corrected chi connectivity index (χ0v) is 17.4. The third-order valence-electron chi connectivity index (χ3n) is 5.02. The summed E-state index contributed by atoms with van der Waals surface area (Å²) in [7, 11) is 0. The molecule has 1 aromatic heterocycles. The fraction of sp³-hybridized carbons (Fsp3) is 0.286. The maximum atomic E-state index is 12.5. The summed E-state index contributed by atoms with van der Waals surface area (Å²) in [6.07, 6.45) is 1.54. The monoisotopic (exact) mass is 430 g/mol. The molecule has 0 spiro atoms. The van der Waals surface area contributed by atoms with E-state index in [1.54, 1.807) is 23.1 Å². The Morgan fingerprint density at radius 2 is 1.93 bits per heavy atom. The number of hydrogen-bond acceptors (Lipinski definition) is 4. The smallest absolute Gasteiger partial charge is 0.321 e. The summed E-state index contributed by atoms with van der Waals surface area (Å²) in [6, 6.07) is 12.9. The van der Waals surface area contributed by atoms with E-state index in [2.05, 4.69) is 15.5 Å². The Hall–Kier alpha value is -2.57. The average molecular weight is 431 g/mol. The number of urea groups is 1. The zero-order valence-electron chi connectivity index (χ0n) is 15.9. The van der Waals surface area contributed by atoms with Gasteiger partial charge in [0.2, 0.25) is 11.7 Å². The minimum Gasteiger partial charge on any atom is -0.339 e. The van der Waals surface area contributed by atoms with Crippen LogP contribution in [0.1, 0.15) is 30.2 Å². The predicted octanol–water partition coefficient (Wildman–Crippen LogP) is 5.76. The lowest BCUT2D eigenvalue weighted by atomic mass is 9.97. The molecule has 4 rings (SSSR count). The van der Waals surface area contributed by atoms with E-state index in [-0.39, 0.29) is 11.9 Å². The van der Waals surface area contributed by atoms with Gasteiger partial charge in [0.15, 0.2) is 0 Å². The van der Waals surface area contributed by atoms with Crippen LogP contribution in [0, 0.1) is 6.92 Å². The highest BCUT2D eigenvalue weighted by molar-refractivity contribution is 6.42. The van der Waals surface area contributed by atoms with E-state index < -0.39 is 0 Å². The van der Waals surface area contributed by atoms with Crippen molar-refractivity contribution in [2.75, 3.05) is 18.4 Å². The lowest BCUT2D eigenvalue weighted by Gasteiger charge is -2.30. The molecule has 0 unspecified atom stereocenters. The number of rotatable bonds is 3. The SMILES string of the molecule is Cc1cccc(-c2noc(C3CCN(C(=O)Nc4ccc(Cl)c(Cl)c4)CC3)n2)c1. The average Bonchev–Trinajstić information content (AvgIpc) is 3.21. The van der Waals surface area contributed by atoms with Crippen LogP contribution in [0.25, 0.3) is 11.4 Å². The fourth-order valence-electron chi connectivity index (χ4n) is 3.41. The Morgan fingerprint density at radius 3 is 2.66 bits per heavy atom. The number of amides is 2. The van der Waals surface area contributed by atoms with E-state index in [4.69, 9.17) is 27.7 Å². The summed E-state index contributed by atoms with van der Waals surface area (Å²) < 4.78 is 5.51. The van der Waals surface area contributed by atoms with Crippen LogP contribution in [0.4, 0.5) is 10.5 Å². The molecule has 0 saturated carbocycles. The maximum Gasteiger partial charge on any atom is 0.321 e. The highest BCUT2D eigenvalue weighted by Gasteiger charge is 2.27. The van der Waals surface area contributed by atoms with Crippen LogP contribution in [0.3, 0.4) is 0 Å². The highest BCUT2D eigenvalue weighted by Crippen LogP contribution is 2.29. The lowest BCUT2D eigenvalue weighted by Crippen LogP contribution is -2.40. The van der Waals surface area contributed by atoms with Gasteiger partial charge >= 0.3 is 6.03 Å². The molecular weight excluding hydrogens is 411 g/mol. The zero-order chi connectivity index (χ0) is 20.4. The third kappa shape index (κ3) is 4.54. The number of nitrogens with zero attached hydrogens (tertiary/aromatic N) is 3. The normalized spacial score (nSPS) is 14.8. The van der Waals surface area contributed by atoms with Gasteiger partial charge in [-0.1, -0.05) is 52.1 Å². The van der Waals surface area contributed by atoms with Crippen molar-refractivity contribution < 1.29 is 9.32 Å². The highest BCUT2D eigenvalue weighted by atomic mass is 35.5. The third-order valence-corrected chi connectivity index (χ3v) is 5.76. The number of aryl methyl sites for hydroxylation is 1. The molecule has 1 aliphatic heterocycles. The van der Waals surface area contributed by atoms with Crippen molar-refractivity contribution in [3.8, 4) is 11.4 Å². The Balaban J connectivity index is 1.35. The second-order valence-corrected chi connectivity index (χ2v) is 7.96. The van der Waals surface area contributed by atoms with Crippen molar-refractivity contribution in [3.05, 3.63) is 64.0 Å². The predicted molar refractivity (Wildman–Crippen MR) is 113 cm³/mol. The van der Waals surface area contributed by atoms with E-state index in [1.807, 2.05) is 31.2 Å².